The Labute approximate surface area is 187 Å². The molecule has 1 amide bonds. The quantitative estimate of drug-likeness (QED) is 0.668. The van der Waals surface area contributed by atoms with Gasteiger partial charge in [0, 0.05) is 64.1 Å². The van der Waals surface area contributed by atoms with Crippen LogP contribution in [0.5, 0.6) is 0 Å². The molecule has 0 unspecified atom stereocenters. The van der Waals surface area contributed by atoms with Crippen LogP contribution in [0.1, 0.15) is 56.9 Å². The van der Waals surface area contributed by atoms with Gasteiger partial charge in [-0.05, 0) is 55.8 Å². The van der Waals surface area contributed by atoms with Crippen molar-refractivity contribution in [1.82, 2.24) is 19.7 Å². The molecule has 3 fully saturated rings. The number of carbonyl (C=O) groups excluding carboxylic acids is 1. The lowest BCUT2D eigenvalue weighted by Gasteiger charge is -2.45. The number of carbonyl (C=O) groups is 1. The molecule has 0 bridgehead atoms. The number of amides is 1. The molecule has 3 heterocycles. The highest BCUT2D eigenvalue weighted by atomic mass is 16.5. The van der Waals surface area contributed by atoms with Crippen molar-refractivity contribution in [2.75, 3.05) is 46.4 Å². The SMILES string of the molecule is CN(C(=O)CC[C@H]1CN(Cc2ccncc2)CC[C@H]1N1CCOCC1)C1CCCCC1. The first kappa shape index (κ1) is 22.7. The molecule has 2 atom stereocenters. The third-order valence-corrected chi connectivity index (χ3v) is 7.69. The number of ether oxygens (including phenoxy) is 1. The van der Waals surface area contributed by atoms with Crippen molar-refractivity contribution in [3.8, 4) is 0 Å². The fourth-order valence-corrected chi connectivity index (χ4v) is 5.82. The van der Waals surface area contributed by atoms with E-state index in [2.05, 4.69) is 31.8 Å². The number of hydrogen-bond donors (Lipinski definition) is 0. The summed E-state index contributed by atoms with van der Waals surface area (Å²) in [6.45, 7) is 6.91. The Bertz CT molecular complexity index is 673. The maximum Gasteiger partial charge on any atom is 0.222 e. The van der Waals surface area contributed by atoms with Crippen molar-refractivity contribution in [3.63, 3.8) is 0 Å². The number of morpholine rings is 1. The van der Waals surface area contributed by atoms with Gasteiger partial charge in [-0.1, -0.05) is 19.3 Å². The Morgan fingerprint density at radius 1 is 1.10 bits per heavy atom. The third kappa shape index (κ3) is 6.27. The van der Waals surface area contributed by atoms with E-state index in [1.165, 1.54) is 44.1 Å². The summed E-state index contributed by atoms with van der Waals surface area (Å²) in [5.41, 5.74) is 1.33. The molecule has 6 nitrogen and oxygen atoms in total. The van der Waals surface area contributed by atoms with E-state index in [4.69, 9.17) is 4.74 Å². The van der Waals surface area contributed by atoms with Crippen molar-refractivity contribution in [2.45, 2.75) is 70.0 Å². The van der Waals surface area contributed by atoms with E-state index in [1.54, 1.807) is 0 Å². The Morgan fingerprint density at radius 2 is 1.84 bits per heavy atom. The lowest BCUT2D eigenvalue weighted by molar-refractivity contribution is -0.133. The first-order chi connectivity index (χ1) is 15.2. The average molecular weight is 429 g/mol. The van der Waals surface area contributed by atoms with Crippen molar-refractivity contribution in [2.24, 2.45) is 5.92 Å². The number of aromatic nitrogens is 1. The zero-order valence-corrected chi connectivity index (χ0v) is 19.3. The van der Waals surface area contributed by atoms with Crippen LogP contribution in [0.15, 0.2) is 24.5 Å². The molecule has 0 aromatic carbocycles. The van der Waals surface area contributed by atoms with Gasteiger partial charge >= 0.3 is 0 Å². The summed E-state index contributed by atoms with van der Waals surface area (Å²) < 4.78 is 5.60. The summed E-state index contributed by atoms with van der Waals surface area (Å²) in [6.07, 6.45) is 12.9. The van der Waals surface area contributed by atoms with E-state index in [9.17, 15) is 4.79 Å². The number of hydrogen-bond acceptors (Lipinski definition) is 5. The first-order valence-corrected chi connectivity index (χ1v) is 12.4. The molecule has 2 aliphatic heterocycles. The molecular weight excluding hydrogens is 388 g/mol. The standard InChI is InChI=1S/C25H40N4O2/c1-27(23-5-3-2-4-6-23)25(30)8-7-22-20-28(19-21-9-12-26-13-10-21)14-11-24(22)29-15-17-31-18-16-29/h9-10,12-13,22-24H,2-8,11,14-20H2,1H3/t22-,24+/m0/s1. The van der Waals surface area contributed by atoms with Gasteiger partial charge in [-0.15, -0.1) is 0 Å². The van der Waals surface area contributed by atoms with Gasteiger partial charge < -0.3 is 9.64 Å². The van der Waals surface area contributed by atoms with E-state index < -0.39 is 0 Å². The zero-order chi connectivity index (χ0) is 21.5. The van der Waals surface area contributed by atoms with E-state index in [-0.39, 0.29) is 0 Å². The Hall–Kier alpha value is -1.50. The number of nitrogens with zero attached hydrogens (tertiary/aromatic N) is 4. The number of likely N-dealkylation sites (tertiary alicyclic amines) is 1. The summed E-state index contributed by atoms with van der Waals surface area (Å²) in [5.74, 6) is 0.885. The Kier molecular flexibility index (Phi) is 8.34. The molecule has 172 valence electrons. The van der Waals surface area contributed by atoms with Crippen LogP contribution < -0.4 is 0 Å². The molecule has 4 rings (SSSR count). The van der Waals surface area contributed by atoms with Crippen LogP contribution in [0, 0.1) is 5.92 Å². The maximum atomic E-state index is 13.0. The molecule has 0 radical (unpaired) electrons. The first-order valence-electron chi connectivity index (χ1n) is 12.4. The molecule has 1 aliphatic carbocycles. The number of rotatable bonds is 7. The number of piperidine rings is 1. The van der Waals surface area contributed by atoms with E-state index in [1.807, 2.05) is 19.4 Å². The summed E-state index contributed by atoms with van der Waals surface area (Å²) in [6, 6.07) is 5.27. The van der Waals surface area contributed by atoms with E-state index in [0.717, 1.165) is 52.4 Å². The molecule has 0 spiro atoms. The fourth-order valence-electron chi connectivity index (χ4n) is 5.82. The molecule has 1 aromatic heterocycles. The molecule has 0 N–H and O–H groups in total. The maximum absolute atomic E-state index is 13.0. The molecule has 31 heavy (non-hydrogen) atoms. The molecule has 6 heteroatoms. The van der Waals surface area contributed by atoms with Crippen molar-refractivity contribution in [1.29, 1.82) is 0 Å². The van der Waals surface area contributed by atoms with Crippen LogP contribution in [-0.2, 0) is 16.1 Å². The average Bonchev–Trinajstić information content (AvgIpc) is 2.84. The van der Waals surface area contributed by atoms with Gasteiger partial charge in [-0.3, -0.25) is 19.6 Å². The van der Waals surface area contributed by atoms with Crippen molar-refractivity contribution < 1.29 is 9.53 Å². The lowest BCUT2D eigenvalue weighted by Crippen LogP contribution is -2.54. The Morgan fingerprint density at radius 3 is 2.58 bits per heavy atom. The largest absolute Gasteiger partial charge is 0.379 e. The highest BCUT2D eigenvalue weighted by molar-refractivity contribution is 5.76. The van der Waals surface area contributed by atoms with Gasteiger partial charge in [0.15, 0.2) is 0 Å². The number of pyridine rings is 1. The Balaban J connectivity index is 1.36. The molecular formula is C25H40N4O2. The summed E-state index contributed by atoms with van der Waals surface area (Å²) in [7, 11) is 2.04. The minimum absolute atomic E-state index is 0.346. The summed E-state index contributed by atoms with van der Waals surface area (Å²) in [5, 5.41) is 0. The van der Waals surface area contributed by atoms with Crippen LogP contribution in [0.25, 0.3) is 0 Å². The molecule has 1 aromatic rings. The van der Waals surface area contributed by atoms with Crippen LogP contribution in [0.4, 0.5) is 0 Å². The van der Waals surface area contributed by atoms with Crippen LogP contribution >= 0.6 is 0 Å². The minimum Gasteiger partial charge on any atom is -0.379 e. The van der Waals surface area contributed by atoms with Crippen LogP contribution in [-0.4, -0.2) is 84.1 Å². The van der Waals surface area contributed by atoms with Crippen molar-refractivity contribution in [3.05, 3.63) is 30.1 Å². The van der Waals surface area contributed by atoms with Gasteiger partial charge in [0.2, 0.25) is 5.91 Å². The van der Waals surface area contributed by atoms with Gasteiger partial charge in [0.25, 0.3) is 0 Å². The zero-order valence-electron chi connectivity index (χ0n) is 19.3. The van der Waals surface area contributed by atoms with Crippen LogP contribution in [0.3, 0.4) is 0 Å². The third-order valence-electron chi connectivity index (χ3n) is 7.69. The minimum atomic E-state index is 0.346. The molecule has 2 saturated heterocycles. The molecule has 1 saturated carbocycles. The van der Waals surface area contributed by atoms with Gasteiger partial charge in [-0.2, -0.15) is 0 Å². The predicted molar refractivity (Wildman–Crippen MR) is 123 cm³/mol. The second-order valence-corrected chi connectivity index (χ2v) is 9.69. The van der Waals surface area contributed by atoms with Gasteiger partial charge in [0.05, 0.1) is 13.2 Å². The second kappa shape index (κ2) is 11.4. The van der Waals surface area contributed by atoms with Gasteiger partial charge in [-0.25, -0.2) is 0 Å². The molecule has 3 aliphatic rings. The second-order valence-electron chi connectivity index (χ2n) is 9.69. The smallest absolute Gasteiger partial charge is 0.222 e. The highest BCUT2D eigenvalue weighted by Crippen LogP contribution is 2.29. The topological polar surface area (TPSA) is 48.9 Å². The highest BCUT2D eigenvalue weighted by Gasteiger charge is 2.34. The fraction of sp³-hybridized carbons (Fsp3) is 0.760. The van der Waals surface area contributed by atoms with Crippen molar-refractivity contribution >= 4 is 5.91 Å². The van der Waals surface area contributed by atoms with Crippen LogP contribution in [0.2, 0.25) is 0 Å². The lowest BCUT2D eigenvalue weighted by atomic mass is 9.86. The summed E-state index contributed by atoms with van der Waals surface area (Å²) >= 11 is 0. The van der Waals surface area contributed by atoms with E-state index >= 15 is 0 Å². The monoisotopic (exact) mass is 428 g/mol. The van der Waals surface area contributed by atoms with Gasteiger partial charge in [0.1, 0.15) is 0 Å². The van der Waals surface area contributed by atoms with E-state index in [0.29, 0.717) is 30.3 Å². The summed E-state index contributed by atoms with van der Waals surface area (Å²) in [4.78, 5) is 24.4. The predicted octanol–water partition coefficient (Wildman–Crippen LogP) is 3.18. The normalized spacial score (nSPS) is 26.6.